The minimum atomic E-state index is -0.216. The van der Waals surface area contributed by atoms with E-state index in [9.17, 15) is 9.90 Å². The van der Waals surface area contributed by atoms with Crippen LogP contribution in [0.3, 0.4) is 0 Å². The van der Waals surface area contributed by atoms with E-state index in [4.69, 9.17) is 0 Å². The van der Waals surface area contributed by atoms with Gasteiger partial charge >= 0.3 is 0 Å². The van der Waals surface area contributed by atoms with Gasteiger partial charge in [-0.2, -0.15) is 0 Å². The Morgan fingerprint density at radius 2 is 2.19 bits per heavy atom. The van der Waals surface area contributed by atoms with Gasteiger partial charge in [-0.3, -0.25) is 4.79 Å². The molecule has 0 amide bonds. The Morgan fingerprint density at radius 1 is 1.43 bits per heavy atom. The van der Waals surface area contributed by atoms with Crippen molar-refractivity contribution in [3.05, 3.63) is 47.2 Å². The molecule has 0 spiro atoms. The van der Waals surface area contributed by atoms with E-state index >= 15 is 0 Å². The summed E-state index contributed by atoms with van der Waals surface area (Å²) in [4.78, 5) is 11.9. The van der Waals surface area contributed by atoms with Gasteiger partial charge in [0.15, 0.2) is 0 Å². The summed E-state index contributed by atoms with van der Waals surface area (Å²) >= 11 is 1.23. The van der Waals surface area contributed by atoms with Crippen LogP contribution in [0.2, 0.25) is 0 Å². The summed E-state index contributed by atoms with van der Waals surface area (Å²) in [6.45, 7) is 1.42. The van der Waals surface area contributed by atoms with Crippen molar-refractivity contribution in [2.24, 2.45) is 0 Å². The molecule has 6 heteroatoms. The highest BCUT2D eigenvalue weighted by atomic mass is 32.2. The van der Waals surface area contributed by atoms with Crippen molar-refractivity contribution < 1.29 is 9.90 Å². The normalized spacial score (nSPS) is 16.7. The third kappa shape index (κ3) is 4.31. The van der Waals surface area contributed by atoms with Crippen LogP contribution >= 0.6 is 11.8 Å². The Labute approximate surface area is 129 Å². The number of rotatable bonds is 6. The van der Waals surface area contributed by atoms with Crippen molar-refractivity contribution in [1.82, 2.24) is 16.2 Å². The van der Waals surface area contributed by atoms with Crippen LogP contribution in [0.15, 0.2) is 41.6 Å². The second-order valence-corrected chi connectivity index (χ2v) is 5.57. The lowest BCUT2D eigenvalue weighted by Gasteiger charge is -2.24. The van der Waals surface area contributed by atoms with E-state index in [2.05, 4.69) is 16.2 Å². The monoisotopic (exact) mass is 307 g/mol. The number of benzene rings is 1. The zero-order chi connectivity index (χ0) is 15.1. The highest BCUT2D eigenvalue weighted by molar-refractivity contribution is 8.13. The van der Waals surface area contributed by atoms with Gasteiger partial charge in [-0.25, -0.2) is 5.43 Å². The first-order chi connectivity index (χ1) is 10.3. The lowest BCUT2D eigenvalue weighted by atomic mass is 10.1. The number of nitrogens with one attached hydrogen (secondary N) is 3. The SMILES string of the molecule is CSC(=O)C1=C(NNC(CO)c2ccccc2)CNCC1. The molecule has 0 saturated heterocycles. The van der Waals surface area contributed by atoms with Crippen molar-refractivity contribution in [1.29, 1.82) is 0 Å². The average Bonchev–Trinajstić information content (AvgIpc) is 2.56. The molecule has 2 rings (SSSR count). The Bertz CT molecular complexity index is 505. The van der Waals surface area contributed by atoms with Crippen LogP contribution in [-0.4, -0.2) is 36.2 Å². The van der Waals surface area contributed by atoms with Crippen LogP contribution in [0.5, 0.6) is 0 Å². The molecule has 0 fully saturated rings. The van der Waals surface area contributed by atoms with Gasteiger partial charge in [0, 0.05) is 17.8 Å². The van der Waals surface area contributed by atoms with Crippen molar-refractivity contribution >= 4 is 16.9 Å². The second-order valence-electron chi connectivity index (χ2n) is 4.79. The van der Waals surface area contributed by atoms with Crippen molar-refractivity contribution in [3.8, 4) is 0 Å². The van der Waals surface area contributed by atoms with Gasteiger partial charge < -0.3 is 15.8 Å². The van der Waals surface area contributed by atoms with E-state index in [1.807, 2.05) is 30.3 Å². The van der Waals surface area contributed by atoms with Crippen LogP contribution in [0.4, 0.5) is 0 Å². The fourth-order valence-electron chi connectivity index (χ4n) is 2.25. The van der Waals surface area contributed by atoms with Gasteiger partial charge in [-0.15, -0.1) is 0 Å². The van der Waals surface area contributed by atoms with Gasteiger partial charge in [0.05, 0.1) is 12.6 Å². The number of hydrazine groups is 1. The highest BCUT2D eigenvalue weighted by Crippen LogP contribution is 2.17. The predicted octanol–water partition coefficient (Wildman–Crippen LogP) is 0.951. The maximum Gasteiger partial charge on any atom is 0.216 e. The number of carbonyl (C=O) groups excluding carboxylic acids is 1. The predicted molar refractivity (Wildman–Crippen MR) is 85.6 cm³/mol. The third-order valence-corrected chi connectivity index (χ3v) is 4.05. The molecule has 1 aliphatic heterocycles. The lowest BCUT2D eigenvalue weighted by Crippen LogP contribution is -2.42. The maximum absolute atomic E-state index is 11.9. The first-order valence-electron chi connectivity index (χ1n) is 6.94. The van der Waals surface area contributed by atoms with Gasteiger partial charge in [-0.05, 0) is 24.8 Å². The average molecular weight is 307 g/mol. The van der Waals surface area contributed by atoms with Gasteiger partial charge in [0.1, 0.15) is 0 Å². The molecule has 4 N–H and O–H groups in total. The molecule has 0 saturated carbocycles. The van der Waals surface area contributed by atoms with E-state index in [1.165, 1.54) is 11.8 Å². The molecule has 1 aromatic rings. The fraction of sp³-hybridized carbons (Fsp3) is 0.400. The number of hydrogen-bond acceptors (Lipinski definition) is 6. The molecule has 21 heavy (non-hydrogen) atoms. The van der Waals surface area contributed by atoms with E-state index in [-0.39, 0.29) is 17.8 Å². The standard InChI is InChI=1S/C15H21N3O2S/c1-21-15(20)12-7-8-16-9-13(12)17-18-14(10-19)11-5-3-2-4-6-11/h2-6,14,16-19H,7-10H2,1H3. The number of hydrogen-bond donors (Lipinski definition) is 4. The second kappa shape index (κ2) is 8.19. The molecule has 0 aliphatic carbocycles. The Kier molecular flexibility index (Phi) is 6.25. The summed E-state index contributed by atoms with van der Waals surface area (Å²) in [5.74, 6) is 0. The number of aliphatic hydroxyl groups excluding tert-OH is 1. The summed E-state index contributed by atoms with van der Waals surface area (Å²) < 4.78 is 0. The molecule has 0 bridgehead atoms. The maximum atomic E-state index is 11.9. The van der Waals surface area contributed by atoms with Crippen LogP contribution in [0.1, 0.15) is 18.0 Å². The molecule has 0 aromatic heterocycles. The zero-order valence-electron chi connectivity index (χ0n) is 12.1. The van der Waals surface area contributed by atoms with E-state index in [0.717, 1.165) is 29.8 Å². The summed E-state index contributed by atoms with van der Waals surface area (Å²) in [5, 5.41) is 12.9. The van der Waals surface area contributed by atoms with Gasteiger partial charge in [0.2, 0.25) is 5.12 Å². The topological polar surface area (TPSA) is 73.4 Å². The quantitative estimate of drug-likeness (QED) is 0.587. The van der Waals surface area contributed by atoms with Crippen molar-refractivity contribution in [2.45, 2.75) is 12.5 Å². The third-order valence-electron chi connectivity index (χ3n) is 3.43. The van der Waals surface area contributed by atoms with Crippen molar-refractivity contribution in [2.75, 3.05) is 26.0 Å². The molecular formula is C15H21N3O2S. The minimum absolute atomic E-state index is 0.0243. The van der Waals surface area contributed by atoms with E-state index in [0.29, 0.717) is 6.54 Å². The molecule has 1 atom stereocenters. The van der Waals surface area contributed by atoms with Crippen molar-refractivity contribution in [3.63, 3.8) is 0 Å². The largest absolute Gasteiger partial charge is 0.394 e. The first-order valence-corrected chi connectivity index (χ1v) is 8.17. The summed E-state index contributed by atoms with van der Waals surface area (Å²) in [6, 6.07) is 9.50. The lowest BCUT2D eigenvalue weighted by molar-refractivity contribution is -0.108. The smallest absolute Gasteiger partial charge is 0.216 e. The molecule has 1 aliphatic rings. The first kappa shape index (κ1) is 16.0. The fourth-order valence-corrected chi connectivity index (χ4v) is 2.72. The number of thioether (sulfide) groups is 1. The van der Waals surface area contributed by atoms with Crippen LogP contribution in [0.25, 0.3) is 0 Å². The molecule has 1 aromatic carbocycles. The van der Waals surface area contributed by atoms with Crippen LogP contribution in [-0.2, 0) is 4.79 Å². The molecule has 5 nitrogen and oxygen atoms in total. The highest BCUT2D eigenvalue weighted by Gasteiger charge is 2.19. The minimum Gasteiger partial charge on any atom is -0.394 e. The molecule has 0 radical (unpaired) electrons. The molecule has 1 heterocycles. The summed E-state index contributed by atoms with van der Waals surface area (Å²) in [5.41, 5.74) is 8.88. The number of aliphatic hydroxyl groups is 1. The molecule has 1 unspecified atom stereocenters. The Hall–Kier alpha value is -1.34. The van der Waals surface area contributed by atoms with Crippen LogP contribution < -0.4 is 16.2 Å². The molecular weight excluding hydrogens is 286 g/mol. The number of carbonyl (C=O) groups is 1. The Balaban J connectivity index is 2.05. The summed E-state index contributed by atoms with van der Waals surface area (Å²) in [7, 11) is 0. The van der Waals surface area contributed by atoms with Gasteiger partial charge in [-0.1, -0.05) is 42.1 Å². The van der Waals surface area contributed by atoms with Crippen LogP contribution in [0, 0.1) is 0 Å². The Morgan fingerprint density at radius 3 is 2.86 bits per heavy atom. The van der Waals surface area contributed by atoms with E-state index in [1.54, 1.807) is 6.26 Å². The summed E-state index contributed by atoms with van der Waals surface area (Å²) in [6.07, 6.45) is 2.52. The zero-order valence-corrected chi connectivity index (χ0v) is 12.9. The van der Waals surface area contributed by atoms with Gasteiger partial charge in [0.25, 0.3) is 0 Å². The van der Waals surface area contributed by atoms with E-state index < -0.39 is 0 Å². The molecule has 114 valence electrons.